The average molecular weight is 240 g/mol. The van der Waals surface area contributed by atoms with Gasteiger partial charge in [-0.1, -0.05) is 12.1 Å². The molecule has 2 amide bonds. The molecule has 0 aliphatic rings. The third kappa shape index (κ3) is 5.87. The van der Waals surface area contributed by atoms with Gasteiger partial charge in [0.15, 0.2) is 0 Å². The van der Waals surface area contributed by atoms with Crippen molar-refractivity contribution < 1.29 is 14.3 Å². The fourth-order valence-corrected chi connectivity index (χ4v) is 1.31. The van der Waals surface area contributed by atoms with Gasteiger partial charge in [0.05, 0.1) is 0 Å². The molecule has 0 radical (unpaired) electrons. The van der Waals surface area contributed by atoms with Crippen LogP contribution in [0.4, 0.5) is 9.18 Å². The quantitative estimate of drug-likeness (QED) is 0.651. The van der Waals surface area contributed by atoms with Gasteiger partial charge in [-0.3, -0.25) is 0 Å². The van der Waals surface area contributed by atoms with Crippen LogP contribution in [0, 0.1) is 5.82 Å². The highest BCUT2D eigenvalue weighted by Gasteiger charge is 1.99. The van der Waals surface area contributed by atoms with Gasteiger partial charge in [0.1, 0.15) is 5.82 Å². The summed E-state index contributed by atoms with van der Waals surface area (Å²) in [5, 5.41) is 13.8. The molecule has 0 aromatic heterocycles. The number of carbonyl (C=O) groups excluding carboxylic acids is 1. The number of hydrogen-bond donors (Lipinski definition) is 3. The number of benzene rings is 1. The van der Waals surface area contributed by atoms with Crippen LogP contribution in [0.25, 0.3) is 0 Å². The predicted molar refractivity (Wildman–Crippen MR) is 63.2 cm³/mol. The molecule has 1 aromatic rings. The van der Waals surface area contributed by atoms with Crippen molar-refractivity contribution in [3.8, 4) is 0 Å². The maximum atomic E-state index is 12.6. The van der Waals surface area contributed by atoms with E-state index < -0.39 is 0 Å². The summed E-state index contributed by atoms with van der Waals surface area (Å²) in [6, 6.07) is 5.94. The van der Waals surface area contributed by atoms with E-state index in [1.54, 1.807) is 12.1 Å². The standard InChI is InChI=1S/C12H17FN2O2/c13-11-4-2-10(3-5-11)6-8-15-12(17)14-7-1-9-16/h2-5,16H,1,6-9H2,(H2,14,15,17). The molecular formula is C12H17FN2O2. The first-order chi connectivity index (χ1) is 8.22. The molecule has 0 unspecified atom stereocenters. The molecule has 3 N–H and O–H groups in total. The van der Waals surface area contributed by atoms with E-state index in [0.717, 1.165) is 5.56 Å². The zero-order valence-electron chi connectivity index (χ0n) is 9.58. The first-order valence-corrected chi connectivity index (χ1v) is 5.59. The highest BCUT2D eigenvalue weighted by Crippen LogP contribution is 2.02. The highest BCUT2D eigenvalue weighted by atomic mass is 19.1. The van der Waals surface area contributed by atoms with Gasteiger partial charge in [-0.25, -0.2) is 9.18 Å². The first kappa shape index (κ1) is 13.4. The number of nitrogens with one attached hydrogen (secondary N) is 2. The summed E-state index contributed by atoms with van der Waals surface area (Å²) in [7, 11) is 0. The van der Waals surface area contributed by atoms with E-state index in [-0.39, 0.29) is 18.5 Å². The van der Waals surface area contributed by atoms with Gasteiger partial charge >= 0.3 is 6.03 Å². The summed E-state index contributed by atoms with van der Waals surface area (Å²) in [6.45, 7) is 1.02. The molecule has 0 bridgehead atoms. The van der Waals surface area contributed by atoms with Crippen LogP contribution < -0.4 is 10.6 Å². The topological polar surface area (TPSA) is 61.4 Å². The number of urea groups is 1. The Morgan fingerprint density at radius 3 is 2.47 bits per heavy atom. The molecule has 0 saturated carbocycles. The van der Waals surface area contributed by atoms with Gasteiger partial charge in [0, 0.05) is 19.7 Å². The number of aliphatic hydroxyl groups is 1. The summed E-state index contributed by atoms with van der Waals surface area (Å²) in [4.78, 5) is 11.2. The van der Waals surface area contributed by atoms with Gasteiger partial charge < -0.3 is 15.7 Å². The number of aliphatic hydroxyl groups excluding tert-OH is 1. The zero-order valence-corrected chi connectivity index (χ0v) is 9.58. The second-order valence-corrected chi connectivity index (χ2v) is 3.64. The fourth-order valence-electron chi connectivity index (χ4n) is 1.31. The van der Waals surface area contributed by atoms with Gasteiger partial charge in [-0.15, -0.1) is 0 Å². The minimum atomic E-state index is -0.261. The van der Waals surface area contributed by atoms with Crippen LogP contribution in [-0.4, -0.2) is 30.8 Å². The molecule has 0 aliphatic heterocycles. The number of halogens is 1. The lowest BCUT2D eigenvalue weighted by Crippen LogP contribution is -2.37. The number of hydrogen-bond acceptors (Lipinski definition) is 2. The van der Waals surface area contributed by atoms with E-state index in [1.165, 1.54) is 12.1 Å². The number of carbonyl (C=O) groups is 1. The van der Waals surface area contributed by atoms with Crippen molar-refractivity contribution in [2.24, 2.45) is 0 Å². The predicted octanol–water partition coefficient (Wildman–Crippen LogP) is 1.05. The van der Waals surface area contributed by atoms with Crippen LogP contribution in [0.2, 0.25) is 0 Å². The van der Waals surface area contributed by atoms with Gasteiger partial charge in [-0.2, -0.15) is 0 Å². The van der Waals surface area contributed by atoms with Gasteiger partial charge in [0.2, 0.25) is 0 Å². The molecule has 1 aromatic carbocycles. The van der Waals surface area contributed by atoms with Crippen molar-refractivity contribution in [1.82, 2.24) is 10.6 Å². The van der Waals surface area contributed by atoms with Crippen LogP contribution in [0.5, 0.6) is 0 Å². The summed E-state index contributed by atoms with van der Waals surface area (Å²) in [5.74, 6) is -0.261. The summed E-state index contributed by atoms with van der Waals surface area (Å²) in [6.07, 6.45) is 1.21. The van der Waals surface area contributed by atoms with E-state index >= 15 is 0 Å². The first-order valence-electron chi connectivity index (χ1n) is 5.59. The molecule has 0 saturated heterocycles. The summed E-state index contributed by atoms with van der Waals surface area (Å²) < 4.78 is 12.6. The molecule has 5 heteroatoms. The molecule has 17 heavy (non-hydrogen) atoms. The van der Waals surface area contributed by atoms with Crippen molar-refractivity contribution in [1.29, 1.82) is 0 Å². The molecule has 4 nitrogen and oxygen atoms in total. The second kappa shape index (κ2) is 7.62. The zero-order chi connectivity index (χ0) is 12.5. The Hall–Kier alpha value is -1.62. The van der Waals surface area contributed by atoms with E-state index in [1.807, 2.05) is 0 Å². The van der Waals surface area contributed by atoms with Crippen molar-refractivity contribution in [2.75, 3.05) is 19.7 Å². The van der Waals surface area contributed by atoms with Crippen LogP contribution in [0.3, 0.4) is 0 Å². The molecular weight excluding hydrogens is 223 g/mol. The number of amides is 2. The van der Waals surface area contributed by atoms with Crippen LogP contribution >= 0.6 is 0 Å². The van der Waals surface area contributed by atoms with E-state index in [0.29, 0.717) is 25.9 Å². The van der Waals surface area contributed by atoms with Crippen LogP contribution in [0.15, 0.2) is 24.3 Å². The minimum Gasteiger partial charge on any atom is -0.396 e. The fraction of sp³-hybridized carbons (Fsp3) is 0.417. The Morgan fingerprint density at radius 2 is 1.82 bits per heavy atom. The molecule has 0 atom stereocenters. The third-order valence-corrected chi connectivity index (χ3v) is 2.23. The Kier molecular flexibility index (Phi) is 6.03. The van der Waals surface area contributed by atoms with Crippen LogP contribution in [0.1, 0.15) is 12.0 Å². The Morgan fingerprint density at radius 1 is 1.18 bits per heavy atom. The van der Waals surface area contributed by atoms with E-state index in [9.17, 15) is 9.18 Å². The maximum absolute atomic E-state index is 12.6. The molecule has 94 valence electrons. The lowest BCUT2D eigenvalue weighted by molar-refractivity contribution is 0.238. The monoisotopic (exact) mass is 240 g/mol. The highest BCUT2D eigenvalue weighted by molar-refractivity contribution is 5.73. The molecule has 0 fully saturated rings. The summed E-state index contributed by atoms with van der Waals surface area (Å²) in [5.41, 5.74) is 0.974. The van der Waals surface area contributed by atoms with Crippen molar-refractivity contribution in [2.45, 2.75) is 12.8 Å². The Balaban J connectivity index is 2.14. The lowest BCUT2D eigenvalue weighted by Gasteiger charge is -2.06. The smallest absolute Gasteiger partial charge is 0.314 e. The summed E-state index contributed by atoms with van der Waals surface area (Å²) >= 11 is 0. The largest absolute Gasteiger partial charge is 0.396 e. The van der Waals surface area contributed by atoms with Gasteiger partial charge in [0.25, 0.3) is 0 Å². The lowest BCUT2D eigenvalue weighted by atomic mass is 10.1. The van der Waals surface area contributed by atoms with Gasteiger partial charge in [-0.05, 0) is 30.5 Å². The molecule has 0 aliphatic carbocycles. The third-order valence-electron chi connectivity index (χ3n) is 2.23. The average Bonchev–Trinajstić information content (AvgIpc) is 2.32. The van der Waals surface area contributed by atoms with E-state index in [2.05, 4.69) is 10.6 Å². The minimum absolute atomic E-state index is 0.0653. The maximum Gasteiger partial charge on any atom is 0.314 e. The van der Waals surface area contributed by atoms with Crippen LogP contribution in [-0.2, 0) is 6.42 Å². The SMILES string of the molecule is O=C(NCCCO)NCCc1ccc(F)cc1. The molecule has 0 spiro atoms. The molecule has 0 heterocycles. The Bertz CT molecular complexity index is 341. The molecule has 1 rings (SSSR count). The van der Waals surface area contributed by atoms with Crippen molar-refractivity contribution in [3.05, 3.63) is 35.6 Å². The normalized spacial score (nSPS) is 10.0. The van der Waals surface area contributed by atoms with Crippen molar-refractivity contribution >= 4 is 6.03 Å². The second-order valence-electron chi connectivity index (χ2n) is 3.64. The van der Waals surface area contributed by atoms with Crippen molar-refractivity contribution in [3.63, 3.8) is 0 Å². The number of rotatable bonds is 6. The van der Waals surface area contributed by atoms with E-state index in [4.69, 9.17) is 5.11 Å². The Labute approximate surface area is 99.8 Å².